The fourth-order valence-electron chi connectivity index (χ4n) is 2.09. The number of halogens is 1. The molecule has 0 amide bonds. The van der Waals surface area contributed by atoms with Gasteiger partial charge in [0.25, 0.3) is 0 Å². The summed E-state index contributed by atoms with van der Waals surface area (Å²) in [5.41, 5.74) is 1.90. The lowest BCUT2D eigenvalue weighted by atomic mass is 10.0. The highest BCUT2D eigenvalue weighted by Gasteiger charge is 2.09. The van der Waals surface area contributed by atoms with Crippen molar-refractivity contribution < 1.29 is 4.79 Å². The Kier molecular flexibility index (Phi) is 3.66. The van der Waals surface area contributed by atoms with E-state index >= 15 is 0 Å². The zero-order chi connectivity index (χ0) is 13.2. The van der Waals surface area contributed by atoms with Crippen LogP contribution in [0.1, 0.15) is 15.9 Å². The third kappa shape index (κ3) is 2.87. The Morgan fingerprint density at radius 1 is 1.05 bits per heavy atom. The summed E-state index contributed by atoms with van der Waals surface area (Å²) >= 11 is 3.85. The van der Waals surface area contributed by atoms with E-state index in [4.69, 9.17) is 0 Å². The van der Waals surface area contributed by atoms with Gasteiger partial charge in [0.2, 0.25) is 0 Å². The lowest BCUT2D eigenvalue weighted by Gasteiger charge is -2.02. The van der Waals surface area contributed by atoms with E-state index < -0.39 is 0 Å². The van der Waals surface area contributed by atoms with Crippen molar-refractivity contribution in [2.24, 2.45) is 0 Å². The standard InChI is InChI=1S/C16H11IOS/c17-16-9-14(10-19-16)15(18)8-11-5-6-12-3-1-2-4-13(12)7-11/h1-7,9-10H,8H2. The van der Waals surface area contributed by atoms with E-state index in [-0.39, 0.29) is 5.78 Å². The Morgan fingerprint density at radius 2 is 1.84 bits per heavy atom. The van der Waals surface area contributed by atoms with Crippen molar-refractivity contribution >= 4 is 50.5 Å². The Hall–Kier alpha value is -1.20. The van der Waals surface area contributed by atoms with Crippen LogP contribution in [0, 0.1) is 2.88 Å². The molecule has 1 aromatic heterocycles. The maximum absolute atomic E-state index is 12.2. The second-order valence-electron chi connectivity index (χ2n) is 4.42. The van der Waals surface area contributed by atoms with Crippen LogP contribution in [-0.4, -0.2) is 5.78 Å². The van der Waals surface area contributed by atoms with Gasteiger partial charge in [0.05, 0.1) is 2.88 Å². The van der Waals surface area contributed by atoms with Crippen LogP contribution in [0.25, 0.3) is 10.8 Å². The molecule has 0 aliphatic rings. The van der Waals surface area contributed by atoms with Gasteiger partial charge < -0.3 is 0 Å². The van der Waals surface area contributed by atoms with E-state index in [1.54, 1.807) is 11.3 Å². The fraction of sp³-hybridized carbons (Fsp3) is 0.0625. The molecule has 0 saturated carbocycles. The SMILES string of the molecule is O=C(Cc1ccc2ccccc2c1)c1csc(I)c1. The lowest BCUT2D eigenvalue weighted by Crippen LogP contribution is -2.01. The number of thiophene rings is 1. The monoisotopic (exact) mass is 378 g/mol. The third-order valence-electron chi connectivity index (χ3n) is 3.07. The predicted molar refractivity (Wildman–Crippen MR) is 89.0 cm³/mol. The van der Waals surface area contributed by atoms with E-state index in [9.17, 15) is 4.79 Å². The average molecular weight is 378 g/mol. The first-order valence-corrected chi connectivity index (χ1v) is 7.93. The molecule has 1 nitrogen and oxygen atoms in total. The van der Waals surface area contributed by atoms with E-state index in [1.165, 1.54) is 10.8 Å². The smallest absolute Gasteiger partial charge is 0.168 e. The summed E-state index contributed by atoms with van der Waals surface area (Å²) in [6.07, 6.45) is 0.470. The first kappa shape index (κ1) is 12.8. The van der Waals surface area contributed by atoms with Gasteiger partial charge in [-0.05, 0) is 45.0 Å². The van der Waals surface area contributed by atoms with Gasteiger partial charge in [-0.3, -0.25) is 4.79 Å². The number of hydrogen-bond donors (Lipinski definition) is 0. The molecule has 0 saturated heterocycles. The molecule has 0 bridgehead atoms. The van der Waals surface area contributed by atoms with Crippen molar-refractivity contribution in [3.8, 4) is 0 Å². The van der Waals surface area contributed by atoms with E-state index in [0.29, 0.717) is 6.42 Å². The van der Waals surface area contributed by atoms with Crippen molar-refractivity contribution in [1.29, 1.82) is 0 Å². The Morgan fingerprint density at radius 3 is 2.58 bits per heavy atom. The molecule has 0 atom stereocenters. The molecule has 1 heterocycles. The van der Waals surface area contributed by atoms with Crippen LogP contribution in [0.4, 0.5) is 0 Å². The first-order chi connectivity index (χ1) is 9.22. The molecule has 0 aliphatic carbocycles. The predicted octanol–water partition coefficient (Wildman–Crippen LogP) is 4.93. The highest BCUT2D eigenvalue weighted by atomic mass is 127. The summed E-state index contributed by atoms with van der Waals surface area (Å²) in [4.78, 5) is 12.2. The molecular weight excluding hydrogens is 367 g/mol. The van der Waals surface area contributed by atoms with Gasteiger partial charge in [-0.15, -0.1) is 11.3 Å². The van der Waals surface area contributed by atoms with Crippen molar-refractivity contribution in [1.82, 2.24) is 0 Å². The first-order valence-electron chi connectivity index (χ1n) is 5.97. The lowest BCUT2D eigenvalue weighted by molar-refractivity contribution is 0.0993. The van der Waals surface area contributed by atoms with Crippen LogP contribution in [0.2, 0.25) is 0 Å². The molecule has 0 unspecified atom stereocenters. The Labute approximate surface area is 129 Å². The minimum absolute atomic E-state index is 0.189. The van der Waals surface area contributed by atoms with Crippen LogP contribution < -0.4 is 0 Å². The van der Waals surface area contributed by atoms with Gasteiger partial charge in [-0.1, -0.05) is 42.5 Å². The average Bonchev–Trinajstić information content (AvgIpc) is 2.85. The highest BCUT2D eigenvalue weighted by molar-refractivity contribution is 14.1. The van der Waals surface area contributed by atoms with Crippen molar-refractivity contribution in [3.05, 3.63) is 67.9 Å². The zero-order valence-corrected chi connectivity index (χ0v) is 13.1. The zero-order valence-electron chi connectivity index (χ0n) is 10.1. The number of ketones is 1. The summed E-state index contributed by atoms with van der Waals surface area (Å²) in [7, 11) is 0. The summed E-state index contributed by atoms with van der Waals surface area (Å²) in [6.45, 7) is 0. The van der Waals surface area contributed by atoms with E-state index in [0.717, 1.165) is 14.0 Å². The summed E-state index contributed by atoms with van der Waals surface area (Å²) < 4.78 is 1.15. The molecule has 3 heteroatoms. The number of fused-ring (bicyclic) bond motifs is 1. The molecule has 3 rings (SSSR count). The number of carbonyl (C=O) groups is 1. The van der Waals surface area contributed by atoms with Crippen LogP contribution in [-0.2, 0) is 6.42 Å². The molecule has 0 spiro atoms. The van der Waals surface area contributed by atoms with Gasteiger partial charge >= 0.3 is 0 Å². The maximum Gasteiger partial charge on any atom is 0.168 e. The summed E-state index contributed by atoms with van der Waals surface area (Å²) in [6, 6.07) is 16.4. The molecule has 0 aliphatic heterocycles. The molecule has 0 radical (unpaired) electrons. The van der Waals surface area contributed by atoms with Gasteiger partial charge in [-0.25, -0.2) is 0 Å². The number of Topliss-reactive ketones (excluding diaryl/α,β-unsaturated/α-hetero) is 1. The van der Waals surface area contributed by atoms with Gasteiger partial charge in [-0.2, -0.15) is 0 Å². The van der Waals surface area contributed by atoms with E-state index in [2.05, 4.69) is 46.9 Å². The fourth-order valence-corrected chi connectivity index (χ4v) is 3.44. The largest absolute Gasteiger partial charge is 0.294 e. The normalized spacial score (nSPS) is 10.8. The quantitative estimate of drug-likeness (QED) is 0.467. The Balaban J connectivity index is 1.87. The molecule has 2 aromatic carbocycles. The molecule has 19 heavy (non-hydrogen) atoms. The summed E-state index contributed by atoms with van der Waals surface area (Å²) in [5.74, 6) is 0.189. The van der Waals surface area contributed by atoms with Crippen molar-refractivity contribution in [2.75, 3.05) is 0 Å². The molecule has 3 aromatic rings. The van der Waals surface area contributed by atoms with Crippen molar-refractivity contribution in [2.45, 2.75) is 6.42 Å². The number of hydrogen-bond acceptors (Lipinski definition) is 2. The van der Waals surface area contributed by atoms with Crippen LogP contribution in [0.3, 0.4) is 0 Å². The third-order valence-corrected chi connectivity index (χ3v) is 4.86. The maximum atomic E-state index is 12.2. The molecule has 0 fully saturated rings. The minimum Gasteiger partial charge on any atom is -0.294 e. The van der Waals surface area contributed by atoms with Crippen LogP contribution >= 0.6 is 33.9 Å². The number of carbonyl (C=O) groups excluding carboxylic acids is 1. The number of rotatable bonds is 3. The number of benzene rings is 2. The summed E-state index contributed by atoms with van der Waals surface area (Å²) in [5, 5.41) is 4.34. The van der Waals surface area contributed by atoms with Gasteiger partial charge in [0.15, 0.2) is 5.78 Å². The molecule has 0 N–H and O–H groups in total. The van der Waals surface area contributed by atoms with Crippen molar-refractivity contribution in [3.63, 3.8) is 0 Å². The van der Waals surface area contributed by atoms with E-state index in [1.807, 2.05) is 29.6 Å². The molecular formula is C16H11IOS. The topological polar surface area (TPSA) is 17.1 Å². The molecule has 94 valence electrons. The van der Waals surface area contributed by atoms with Crippen LogP contribution in [0.15, 0.2) is 53.9 Å². The van der Waals surface area contributed by atoms with Gasteiger partial charge in [0.1, 0.15) is 0 Å². The highest BCUT2D eigenvalue weighted by Crippen LogP contribution is 2.20. The van der Waals surface area contributed by atoms with Crippen LogP contribution in [0.5, 0.6) is 0 Å². The second-order valence-corrected chi connectivity index (χ2v) is 7.23. The minimum atomic E-state index is 0.189. The Bertz CT molecular complexity index is 745. The second kappa shape index (κ2) is 5.43. The van der Waals surface area contributed by atoms with Gasteiger partial charge in [0, 0.05) is 17.4 Å².